The zero-order chi connectivity index (χ0) is 16.9. The number of hydrogen-bond donors (Lipinski definition) is 0. The summed E-state index contributed by atoms with van der Waals surface area (Å²) < 4.78 is 5.09. The molecule has 0 saturated carbocycles. The zero-order valence-electron chi connectivity index (χ0n) is 14.9. The van der Waals surface area contributed by atoms with Gasteiger partial charge in [0.25, 0.3) is 0 Å². The molecule has 1 atom stereocenters. The fourth-order valence-electron chi connectivity index (χ4n) is 4.36. The monoisotopic (exact) mass is 337 g/mol. The number of carbonyl (C=O) groups is 2. The van der Waals surface area contributed by atoms with Crippen molar-refractivity contribution in [2.45, 2.75) is 51.5 Å². The van der Waals surface area contributed by atoms with Crippen molar-refractivity contribution in [3.05, 3.63) is 0 Å². The van der Waals surface area contributed by atoms with Crippen LogP contribution in [0.2, 0.25) is 0 Å². The lowest BCUT2D eigenvalue weighted by Gasteiger charge is -2.42. The van der Waals surface area contributed by atoms with Gasteiger partial charge in [0.05, 0.1) is 12.5 Å². The molecule has 1 unspecified atom stereocenters. The summed E-state index contributed by atoms with van der Waals surface area (Å²) in [6.45, 7) is 7.71. The van der Waals surface area contributed by atoms with Crippen LogP contribution in [0.3, 0.4) is 0 Å². The highest BCUT2D eigenvalue weighted by Gasteiger charge is 2.34. The maximum Gasteiger partial charge on any atom is 0.409 e. The van der Waals surface area contributed by atoms with Crippen molar-refractivity contribution in [2.75, 3.05) is 45.9 Å². The predicted molar refractivity (Wildman–Crippen MR) is 91.7 cm³/mol. The highest BCUT2D eigenvalue weighted by atomic mass is 16.6. The molecular formula is C18H31N3O3. The second-order valence-electron chi connectivity index (χ2n) is 7.28. The van der Waals surface area contributed by atoms with Gasteiger partial charge in [-0.1, -0.05) is 0 Å². The molecule has 2 amide bonds. The van der Waals surface area contributed by atoms with Gasteiger partial charge in [-0.05, 0) is 52.0 Å². The number of likely N-dealkylation sites (tertiary alicyclic amines) is 3. The van der Waals surface area contributed by atoms with Gasteiger partial charge in [-0.25, -0.2) is 4.79 Å². The normalized spacial score (nSPS) is 26.6. The Labute approximate surface area is 145 Å². The van der Waals surface area contributed by atoms with Crippen LogP contribution in [0.1, 0.15) is 45.4 Å². The second-order valence-corrected chi connectivity index (χ2v) is 7.28. The third-order valence-electron chi connectivity index (χ3n) is 5.73. The van der Waals surface area contributed by atoms with Gasteiger partial charge >= 0.3 is 6.09 Å². The second kappa shape index (κ2) is 8.19. The number of amides is 2. The van der Waals surface area contributed by atoms with E-state index in [0.717, 1.165) is 77.8 Å². The lowest BCUT2D eigenvalue weighted by Crippen LogP contribution is -2.51. The van der Waals surface area contributed by atoms with Gasteiger partial charge < -0.3 is 14.5 Å². The third kappa shape index (κ3) is 4.02. The summed E-state index contributed by atoms with van der Waals surface area (Å²) in [5, 5.41) is 0. The Morgan fingerprint density at radius 2 is 1.62 bits per heavy atom. The molecule has 6 nitrogen and oxygen atoms in total. The summed E-state index contributed by atoms with van der Waals surface area (Å²) in [6.07, 6.45) is 6.27. The van der Waals surface area contributed by atoms with Crippen molar-refractivity contribution >= 4 is 12.0 Å². The van der Waals surface area contributed by atoms with Gasteiger partial charge in [0, 0.05) is 38.8 Å². The molecule has 0 spiro atoms. The summed E-state index contributed by atoms with van der Waals surface area (Å²) in [7, 11) is 0. The molecule has 0 N–H and O–H groups in total. The lowest BCUT2D eigenvalue weighted by atomic mass is 9.93. The zero-order valence-corrected chi connectivity index (χ0v) is 14.9. The van der Waals surface area contributed by atoms with E-state index in [9.17, 15) is 9.59 Å². The first kappa shape index (κ1) is 17.5. The molecule has 0 radical (unpaired) electrons. The quantitative estimate of drug-likeness (QED) is 0.790. The van der Waals surface area contributed by atoms with E-state index in [1.807, 2.05) is 11.8 Å². The maximum absolute atomic E-state index is 12.7. The summed E-state index contributed by atoms with van der Waals surface area (Å²) >= 11 is 0. The van der Waals surface area contributed by atoms with Crippen LogP contribution in [-0.4, -0.2) is 78.6 Å². The molecule has 0 aromatic carbocycles. The number of hydrogen-bond acceptors (Lipinski definition) is 4. The molecule has 0 bridgehead atoms. The lowest BCUT2D eigenvalue weighted by molar-refractivity contribution is -0.136. The Kier molecular flexibility index (Phi) is 5.98. The molecule has 3 fully saturated rings. The molecule has 136 valence electrons. The van der Waals surface area contributed by atoms with E-state index in [0.29, 0.717) is 18.6 Å². The molecule has 3 rings (SSSR count). The third-order valence-corrected chi connectivity index (χ3v) is 5.73. The van der Waals surface area contributed by atoms with Gasteiger partial charge in [-0.2, -0.15) is 0 Å². The Morgan fingerprint density at radius 3 is 2.29 bits per heavy atom. The summed E-state index contributed by atoms with van der Waals surface area (Å²) in [5.41, 5.74) is 0. The predicted octanol–water partition coefficient (Wildman–Crippen LogP) is 1.94. The molecule has 6 heteroatoms. The molecule has 0 aromatic rings. The Balaban J connectivity index is 1.48. The number of rotatable bonds is 3. The van der Waals surface area contributed by atoms with Crippen molar-refractivity contribution in [2.24, 2.45) is 5.92 Å². The van der Waals surface area contributed by atoms with E-state index in [-0.39, 0.29) is 12.0 Å². The summed E-state index contributed by atoms with van der Waals surface area (Å²) in [4.78, 5) is 30.9. The van der Waals surface area contributed by atoms with Gasteiger partial charge in [0.2, 0.25) is 5.91 Å². The number of carbonyl (C=O) groups excluding carboxylic acids is 2. The van der Waals surface area contributed by atoms with Crippen LogP contribution in [0, 0.1) is 5.92 Å². The molecule has 0 aliphatic carbocycles. The van der Waals surface area contributed by atoms with Crippen molar-refractivity contribution in [3.63, 3.8) is 0 Å². The molecule has 0 aromatic heterocycles. The molecule has 24 heavy (non-hydrogen) atoms. The van der Waals surface area contributed by atoms with E-state index < -0.39 is 0 Å². The van der Waals surface area contributed by atoms with Crippen LogP contribution in [0.15, 0.2) is 0 Å². The molecule has 3 aliphatic rings. The van der Waals surface area contributed by atoms with Crippen LogP contribution >= 0.6 is 0 Å². The fraction of sp³-hybridized carbons (Fsp3) is 0.889. The summed E-state index contributed by atoms with van der Waals surface area (Å²) in [5.74, 6) is 0.557. The maximum atomic E-state index is 12.7. The highest BCUT2D eigenvalue weighted by molar-refractivity contribution is 5.79. The Hall–Kier alpha value is -1.30. The van der Waals surface area contributed by atoms with Gasteiger partial charge in [-0.15, -0.1) is 0 Å². The van der Waals surface area contributed by atoms with Crippen LogP contribution in [0.5, 0.6) is 0 Å². The van der Waals surface area contributed by atoms with E-state index in [4.69, 9.17) is 4.74 Å². The van der Waals surface area contributed by atoms with Crippen molar-refractivity contribution in [1.82, 2.24) is 14.7 Å². The van der Waals surface area contributed by atoms with Gasteiger partial charge in [-0.3, -0.25) is 9.69 Å². The standard InChI is InChI=1S/C18H31N3O3/c1-2-24-18(23)20-12-7-16(8-13-20)21-11-5-6-15(14-21)17(22)19-9-3-4-10-19/h15-16H,2-14H2,1H3. The van der Waals surface area contributed by atoms with Gasteiger partial charge in [0.1, 0.15) is 0 Å². The highest BCUT2D eigenvalue weighted by Crippen LogP contribution is 2.26. The average Bonchev–Trinajstić information content (AvgIpc) is 3.16. The number of nitrogens with zero attached hydrogens (tertiary/aromatic N) is 3. The minimum absolute atomic E-state index is 0.180. The molecular weight excluding hydrogens is 306 g/mol. The smallest absolute Gasteiger partial charge is 0.409 e. The van der Waals surface area contributed by atoms with Crippen molar-refractivity contribution in [1.29, 1.82) is 0 Å². The van der Waals surface area contributed by atoms with Crippen LogP contribution in [0.25, 0.3) is 0 Å². The first-order valence-corrected chi connectivity index (χ1v) is 9.63. The minimum atomic E-state index is -0.184. The fourth-order valence-corrected chi connectivity index (χ4v) is 4.36. The Bertz CT molecular complexity index is 443. The van der Waals surface area contributed by atoms with E-state index in [1.54, 1.807) is 0 Å². The Morgan fingerprint density at radius 1 is 0.917 bits per heavy atom. The van der Waals surface area contributed by atoms with E-state index in [2.05, 4.69) is 9.80 Å². The average molecular weight is 337 g/mol. The van der Waals surface area contributed by atoms with Crippen molar-refractivity contribution in [3.8, 4) is 0 Å². The minimum Gasteiger partial charge on any atom is -0.450 e. The molecule has 3 heterocycles. The number of ether oxygens (including phenoxy) is 1. The van der Waals surface area contributed by atoms with E-state index in [1.165, 1.54) is 0 Å². The van der Waals surface area contributed by atoms with E-state index >= 15 is 0 Å². The van der Waals surface area contributed by atoms with Crippen LogP contribution in [-0.2, 0) is 9.53 Å². The first-order chi connectivity index (χ1) is 11.7. The topological polar surface area (TPSA) is 53.1 Å². The molecule has 3 aliphatic heterocycles. The van der Waals surface area contributed by atoms with Gasteiger partial charge in [0.15, 0.2) is 0 Å². The van der Waals surface area contributed by atoms with Crippen LogP contribution in [0.4, 0.5) is 4.79 Å². The first-order valence-electron chi connectivity index (χ1n) is 9.63. The molecule has 3 saturated heterocycles. The summed E-state index contributed by atoms with van der Waals surface area (Å²) in [6, 6.07) is 0.504. The number of piperidine rings is 2. The SMILES string of the molecule is CCOC(=O)N1CCC(N2CCCC(C(=O)N3CCCC3)C2)CC1. The van der Waals surface area contributed by atoms with Crippen molar-refractivity contribution < 1.29 is 14.3 Å². The largest absolute Gasteiger partial charge is 0.450 e. The van der Waals surface area contributed by atoms with Crippen LogP contribution < -0.4 is 0 Å².